The second-order valence-corrected chi connectivity index (χ2v) is 5.49. The van der Waals surface area contributed by atoms with Gasteiger partial charge in [0.1, 0.15) is 0 Å². The number of rotatable bonds is 5. The summed E-state index contributed by atoms with van der Waals surface area (Å²) in [7, 11) is 0. The van der Waals surface area contributed by atoms with Gasteiger partial charge in [-0.05, 0) is 11.8 Å². The topological polar surface area (TPSA) is 55.1 Å². The van der Waals surface area contributed by atoms with E-state index in [1.807, 2.05) is 6.92 Å². The van der Waals surface area contributed by atoms with Gasteiger partial charge in [0.25, 0.3) is 0 Å². The van der Waals surface area contributed by atoms with Gasteiger partial charge in [0.15, 0.2) is 0 Å². The van der Waals surface area contributed by atoms with E-state index in [0.717, 1.165) is 12.8 Å². The molecule has 3 N–H and O–H groups in total. The van der Waals surface area contributed by atoms with Crippen molar-refractivity contribution < 1.29 is 4.79 Å². The van der Waals surface area contributed by atoms with Gasteiger partial charge in [-0.1, -0.05) is 46.3 Å². The molecule has 0 aliphatic heterocycles. The van der Waals surface area contributed by atoms with E-state index in [-0.39, 0.29) is 17.2 Å². The normalized spacial score (nSPS) is 13.3. The van der Waals surface area contributed by atoms with E-state index in [9.17, 15) is 4.79 Å². The molecule has 1 atom stereocenters. The average molecular weight is 230 g/mol. The fourth-order valence-electron chi connectivity index (χ4n) is 1.17. The first-order valence-electron chi connectivity index (χ1n) is 5.35. The number of carbonyl (C=O) groups is 1. The highest BCUT2D eigenvalue weighted by Gasteiger charge is 2.21. The zero-order valence-electron chi connectivity index (χ0n) is 10.1. The maximum absolute atomic E-state index is 11.7. The lowest BCUT2D eigenvalue weighted by molar-refractivity contribution is -0.123. The minimum absolute atomic E-state index is 0.0423. The minimum atomic E-state index is -0.313. The van der Waals surface area contributed by atoms with Crippen LogP contribution in [0.25, 0.3) is 0 Å². The lowest BCUT2D eigenvalue weighted by atomic mass is 9.96. The van der Waals surface area contributed by atoms with E-state index in [4.69, 9.17) is 18.0 Å². The molecule has 0 spiro atoms. The third kappa shape index (κ3) is 6.44. The molecular formula is C11H22N2OS. The van der Waals surface area contributed by atoms with Crippen LogP contribution in [0.4, 0.5) is 0 Å². The monoisotopic (exact) mass is 230 g/mol. The predicted molar refractivity (Wildman–Crippen MR) is 67.6 cm³/mol. The fraction of sp³-hybridized carbons (Fsp3) is 0.818. The summed E-state index contributed by atoms with van der Waals surface area (Å²) in [4.78, 5) is 12.0. The molecule has 0 aromatic carbocycles. The summed E-state index contributed by atoms with van der Waals surface area (Å²) in [5, 5.41) is 2.88. The van der Waals surface area contributed by atoms with Crippen molar-refractivity contribution in [2.24, 2.45) is 17.1 Å². The van der Waals surface area contributed by atoms with Gasteiger partial charge in [-0.3, -0.25) is 4.79 Å². The van der Waals surface area contributed by atoms with Crippen LogP contribution in [0.1, 0.15) is 40.5 Å². The number of hydrogen-bond acceptors (Lipinski definition) is 2. The first-order valence-corrected chi connectivity index (χ1v) is 5.75. The van der Waals surface area contributed by atoms with Crippen molar-refractivity contribution >= 4 is 23.1 Å². The van der Waals surface area contributed by atoms with Crippen molar-refractivity contribution in [1.82, 2.24) is 5.32 Å². The van der Waals surface area contributed by atoms with Gasteiger partial charge in [0, 0.05) is 6.54 Å². The van der Waals surface area contributed by atoms with E-state index in [2.05, 4.69) is 26.1 Å². The maximum Gasteiger partial charge on any atom is 0.229 e. The molecule has 0 aromatic rings. The second kappa shape index (κ2) is 6.05. The minimum Gasteiger partial charge on any atom is -0.393 e. The molecule has 0 bridgehead atoms. The zero-order chi connectivity index (χ0) is 12.1. The van der Waals surface area contributed by atoms with Crippen molar-refractivity contribution in [3.8, 4) is 0 Å². The highest BCUT2D eigenvalue weighted by molar-refractivity contribution is 7.80. The van der Waals surface area contributed by atoms with Crippen molar-refractivity contribution in [3.63, 3.8) is 0 Å². The molecule has 0 radical (unpaired) electrons. The number of amides is 1. The standard InChI is InChI=1S/C11H22N2OS/c1-5-6-8(9(12)15)10(14)13-7-11(2,3)4/h8H,5-7H2,1-4H3,(H2,12,15)(H,13,14). The van der Waals surface area contributed by atoms with Crippen molar-refractivity contribution in [2.45, 2.75) is 40.5 Å². The molecule has 1 unspecified atom stereocenters. The Morgan fingerprint density at radius 1 is 1.47 bits per heavy atom. The molecule has 0 fully saturated rings. The molecule has 0 aromatic heterocycles. The highest BCUT2D eigenvalue weighted by atomic mass is 32.1. The molecule has 0 heterocycles. The summed E-state index contributed by atoms with van der Waals surface area (Å²) in [5.41, 5.74) is 5.62. The van der Waals surface area contributed by atoms with Crippen LogP contribution >= 0.6 is 12.2 Å². The van der Waals surface area contributed by atoms with Gasteiger partial charge in [-0.15, -0.1) is 0 Å². The lowest BCUT2D eigenvalue weighted by Crippen LogP contribution is -2.41. The predicted octanol–water partition coefficient (Wildman–Crippen LogP) is 1.85. The van der Waals surface area contributed by atoms with Gasteiger partial charge in [-0.25, -0.2) is 0 Å². The maximum atomic E-state index is 11.7. The molecule has 0 saturated heterocycles. The van der Waals surface area contributed by atoms with Crippen molar-refractivity contribution in [2.75, 3.05) is 6.54 Å². The van der Waals surface area contributed by atoms with E-state index < -0.39 is 0 Å². The summed E-state index contributed by atoms with van der Waals surface area (Å²) in [6.07, 6.45) is 1.64. The first kappa shape index (κ1) is 14.4. The Balaban J connectivity index is 4.21. The van der Waals surface area contributed by atoms with Crippen LogP contribution in [0.5, 0.6) is 0 Å². The van der Waals surface area contributed by atoms with Crippen LogP contribution in [0.15, 0.2) is 0 Å². The first-order chi connectivity index (χ1) is 6.78. The van der Waals surface area contributed by atoms with Crippen LogP contribution < -0.4 is 11.1 Å². The third-order valence-electron chi connectivity index (χ3n) is 2.03. The summed E-state index contributed by atoms with van der Waals surface area (Å²) in [6, 6.07) is 0. The van der Waals surface area contributed by atoms with Gasteiger partial charge < -0.3 is 11.1 Å². The molecule has 15 heavy (non-hydrogen) atoms. The van der Waals surface area contributed by atoms with Crippen LogP contribution in [0, 0.1) is 11.3 Å². The van der Waals surface area contributed by atoms with Gasteiger partial charge in [0.2, 0.25) is 5.91 Å². The van der Waals surface area contributed by atoms with Crippen LogP contribution in [0.3, 0.4) is 0 Å². The molecule has 88 valence electrons. The summed E-state index contributed by atoms with van der Waals surface area (Å²) in [5.74, 6) is -0.355. The summed E-state index contributed by atoms with van der Waals surface area (Å²) in [6.45, 7) is 8.88. The Morgan fingerprint density at radius 3 is 2.33 bits per heavy atom. The molecule has 1 amide bonds. The largest absolute Gasteiger partial charge is 0.393 e. The van der Waals surface area contributed by atoms with E-state index in [0.29, 0.717) is 11.5 Å². The number of nitrogens with one attached hydrogen (secondary N) is 1. The van der Waals surface area contributed by atoms with Gasteiger partial charge >= 0.3 is 0 Å². The molecular weight excluding hydrogens is 208 g/mol. The molecule has 0 aliphatic rings. The Morgan fingerprint density at radius 2 is 2.00 bits per heavy atom. The highest BCUT2D eigenvalue weighted by Crippen LogP contribution is 2.12. The Hall–Kier alpha value is -0.640. The fourth-order valence-corrected chi connectivity index (χ4v) is 1.39. The van der Waals surface area contributed by atoms with E-state index >= 15 is 0 Å². The van der Waals surface area contributed by atoms with E-state index in [1.165, 1.54) is 0 Å². The molecule has 4 heteroatoms. The van der Waals surface area contributed by atoms with Crippen LogP contribution in [-0.2, 0) is 4.79 Å². The quantitative estimate of drug-likeness (QED) is 0.709. The molecule has 0 aliphatic carbocycles. The van der Waals surface area contributed by atoms with E-state index in [1.54, 1.807) is 0 Å². The Kier molecular flexibility index (Phi) is 5.80. The Bertz CT molecular complexity index is 233. The number of nitrogens with two attached hydrogens (primary N) is 1. The summed E-state index contributed by atoms with van der Waals surface area (Å²) < 4.78 is 0. The number of carbonyl (C=O) groups excluding carboxylic acids is 1. The Labute approximate surface area is 97.8 Å². The molecule has 0 saturated carbocycles. The van der Waals surface area contributed by atoms with Crippen molar-refractivity contribution in [3.05, 3.63) is 0 Å². The van der Waals surface area contributed by atoms with Crippen LogP contribution in [0.2, 0.25) is 0 Å². The number of thiocarbonyl (C=S) groups is 1. The average Bonchev–Trinajstić information content (AvgIpc) is 2.08. The van der Waals surface area contributed by atoms with Crippen LogP contribution in [-0.4, -0.2) is 17.4 Å². The van der Waals surface area contributed by atoms with Gasteiger partial charge in [-0.2, -0.15) is 0 Å². The second-order valence-electron chi connectivity index (χ2n) is 5.02. The zero-order valence-corrected chi connectivity index (χ0v) is 10.9. The SMILES string of the molecule is CCCC(C(=O)NCC(C)(C)C)C(N)=S. The third-order valence-corrected chi connectivity index (χ3v) is 2.31. The number of hydrogen-bond donors (Lipinski definition) is 2. The lowest BCUT2D eigenvalue weighted by Gasteiger charge is -2.21. The molecule has 3 nitrogen and oxygen atoms in total. The smallest absolute Gasteiger partial charge is 0.229 e. The van der Waals surface area contributed by atoms with Gasteiger partial charge in [0.05, 0.1) is 10.9 Å². The van der Waals surface area contributed by atoms with Crippen molar-refractivity contribution in [1.29, 1.82) is 0 Å². The molecule has 0 rings (SSSR count). The summed E-state index contributed by atoms with van der Waals surface area (Å²) >= 11 is 4.88.